The topological polar surface area (TPSA) is 26.0 Å². The number of hydrogen-bond donors (Lipinski definition) is 1. The Labute approximate surface area is 74.7 Å². The molecular formula is C11H17N. The molecule has 1 aliphatic rings. The fourth-order valence-corrected chi connectivity index (χ4v) is 1.30. The van der Waals surface area contributed by atoms with Crippen LogP contribution in [0.15, 0.2) is 36.0 Å². The molecule has 0 aromatic rings. The molecule has 66 valence electrons. The third-order valence-electron chi connectivity index (χ3n) is 2.23. The molecule has 1 heteroatoms. The van der Waals surface area contributed by atoms with Crippen molar-refractivity contribution < 1.29 is 0 Å². The summed E-state index contributed by atoms with van der Waals surface area (Å²) in [6, 6.07) is 0. The summed E-state index contributed by atoms with van der Waals surface area (Å²) in [5, 5.41) is 0. The molecule has 1 atom stereocenters. The van der Waals surface area contributed by atoms with Crippen LogP contribution in [0, 0.1) is 5.41 Å². The molecule has 0 aliphatic heterocycles. The van der Waals surface area contributed by atoms with E-state index >= 15 is 0 Å². The Hall–Kier alpha value is -0.820. The second kappa shape index (κ2) is 3.72. The fraction of sp³-hybridized carbons (Fsp3) is 0.455. The summed E-state index contributed by atoms with van der Waals surface area (Å²) in [5.74, 6) is 0. The second-order valence-corrected chi connectivity index (χ2v) is 3.63. The summed E-state index contributed by atoms with van der Waals surface area (Å²) in [4.78, 5) is 0. The van der Waals surface area contributed by atoms with Crippen LogP contribution in [0.5, 0.6) is 0 Å². The molecule has 0 saturated carbocycles. The van der Waals surface area contributed by atoms with Crippen molar-refractivity contribution in [1.29, 1.82) is 0 Å². The van der Waals surface area contributed by atoms with E-state index in [9.17, 15) is 0 Å². The predicted molar refractivity (Wildman–Crippen MR) is 53.8 cm³/mol. The summed E-state index contributed by atoms with van der Waals surface area (Å²) in [5.41, 5.74) is 6.95. The molecule has 1 aliphatic carbocycles. The van der Waals surface area contributed by atoms with Crippen LogP contribution >= 0.6 is 0 Å². The zero-order valence-corrected chi connectivity index (χ0v) is 7.88. The minimum atomic E-state index is 0.193. The van der Waals surface area contributed by atoms with Crippen LogP contribution in [0.2, 0.25) is 0 Å². The molecule has 1 nitrogen and oxygen atoms in total. The summed E-state index contributed by atoms with van der Waals surface area (Å²) < 4.78 is 0. The summed E-state index contributed by atoms with van der Waals surface area (Å²) in [6.45, 7) is 4.98. The van der Waals surface area contributed by atoms with E-state index in [1.165, 1.54) is 5.57 Å². The second-order valence-electron chi connectivity index (χ2n) is 3.63. The van der Waals surface area contributed by atoms with Crippen molar-refractivity contribution in [2.24, 2.45) is 11.1 Å². The van der Waals surface area contributed by atoms with Gasteiger partial charge in [-0.3, -0.25) is 0 Å². The van der Waals surface area contributed by atoms with Crippen LogP contribution in [0.3, 0.4) is 0 Å². The Balaban J connectivity index is 2.65. The zero-order chi connectivity index (χ0) is 9.03. The van der Waals surface area contributed by atoms with Crippen molar-refractivity contribution in [1.82, 2.24) is 0 Å². The molecule has 1 rings (SSSR count). The molecule has 12 heavy (non-hydrogen) atoms. The molecular weight excluding hydrogens is 146 g/mol. The zero-order valence-electron chi connectivity index (χ0n) is 7.88. The average molecular weight is 163 g/mol. The summed E-state index contributed by atoms with van der Waals surface area (Å²) in [6.07, 6.45) is 12.0. The maximum absolute atomic E-state index is 5.41. The maximum atomic E-state index is 5.41. The first-order valence-corrected chi connectivity index (χ1v) is 4.40. The Morgan fingerprint density at radius 2 is 2.42 bits per heavy atom. The monoisotopic (exact) mass is 163 g/mol. The van der Waals surface area contributed by atoms with Crippen LogP contribution in [0.1, 0.15) is 20.3 Å². The highest BCUT2D eigenvalue weighted by Gasteiger charge is 2.17. The van der Waals surface area contributed by atoms with Gasteiger partial charge in [-0.1, -0.05) is 42.9 Å². The molecule has 0 amide bonds. The molecule has 0 aromatic heterocycles. The highest BCUT2D eigenvalue weighted by molar-refractivity contribution is 5.27. The normalized spacial score (nSPS) is 29.4. The minimum absolute atomic E-state index is 0.193. The molecule has 2 N–H and O–H groups in total. The van der Waals surface area contributed by atoms with Crippen molar-refractivity contribution in [2.45, 2.75) is 20.3 Å². The standard InChI is InChI=1S/C11H17N/c1-10-4-7-11(2,8-5-10)6-3-9-12/h3-7H,8-9,12H2,1-2H3. The van der Waals surface area contributed by atoms with Gasteiger partial charge in [0.05, 0.1) is 0 Å². The lowest BCUT2D eigenvalue weighted by molar-refractivity contribution is 0.552. The number of allylic oxidation sites excluding steroid dienone is 5. The molecule has 0 saturated heterocycles. The third-order valence-corrected chi connectivity index (χ3v) is 2.23. The van der Waals surface area contributed by atoms with E-state index in [4.69, 9.17) is 5.73 Å². The lowest BCUT2D eigenvalue weighted by Gasteiger charge is -2.23. The van der Waals surface area contributed by atoms with Gasteiger partial charge in [-0.05, 0) is 13.3 Å². The van der Waals surface area contributed by atoms with Crippen LogP contribution in [0.25, 0.3) is 0 Å². The lowest BCUT2D eigenvalue weighted by atomic mass is 9.82. The first-order valence-electron chi connectivity index (χ1n) is 4.40. The SMILES string of the molecule is CC1=CCC(C)(C=CCN)C=C1. The fourth-order valence-electron chi connectivity index (χ4n) is 1.30. The van der Waals surface area contributed by atoms with Crippen molar-refractivity contribution in [3.8, 4) is 0 Å². The molecule has 0 bridgehead atoms. The van der Waals surface area contributed by atoms with E-state index in [0.717, 1.165) is 6.42 Å². The van der Waals surface area contributed by atoms with Gasteiger partial charge in [-0.25, -0.2) is 0 Å². The van der Waals surface area contributed by atoms with Gasteiger partial charge in [0.25, 0.3) is 0 Å². The molecule has 0 aromatic carbocycles. The highest BCUT2D eigenvalue weighted by Crippen LogP contribution is 2.30. The Morgan fingerprint density at radius 1 is 1.67 bits per heavy atom. The Kier molecular flexibility index (Phi) is 2.88. The van der Waals surface area contributed by atoms with Gasteiger partial charge in [-0.15, -0.1) is 0 Å². The molecule has 0 fully saturated rings. The van der Waals surface area contributed by atoms with E-state index in [2.05, 4.69) is 38.2 Å². The quantitative estimate of drug-likeness (QED) is 0.621. The maximum Gasteiger partial charge on any atom is 0.0107 e. The van der Waals surface area contributed by atoms with Crippen LogP contribution in [-0.2, 0) is 0 Å². The summed E-state index contributed by atoms with van der Waals surface area (Å²) >= 11 is 0. The van der Waals surface area contributed by atoms with E-state index in [0.29, 0.717) is 6.54 Å². The van der Waals surface area contributed by atoms with E-state index in [1.807, 2.05) is 6.08 Å². The van der Waals surface area contributed by atoms with Gasteiger partial charge in [0, 0.05) is 12.0 Å². The number of hydrogen-bond acceptors (Lipinski definition) is 1. The average Bonchev–Trinajstić information content (AvgIpc) is 2.08. The van der Waals surface area contributed by atoms with Crippen molar-refractivity contribution >= 4 is 0 Å². The number of nitrogens with two attached hydrogens (primary N) is 1. The van der Waals surface area contributed by atoms with Crippen LogP contribution in [-0.4, -0.2) is 6.54 Å². The van der Waals surface area contributed by atoms with Crippen LogP contribution < -0.4 is 5.73 Å². The van der Waals surface area contributed by atoms with E-state index < -0.39 is 0 Å². The van der Waals surface area contributed by atoms with Gasteiger partial charge < -0.3 is 5.73 Å². The highest BCUT2D eigenvalue weighted by atomic mass is 14.5. The van der Waals surface area contributed by atoms with Crippen LogP contribution in [0.4, 0.5) is 0 Å². The Morgan fingerprint density at radius 3 is 2.92 bits per heavy atom. The molecule has 1 unspecified atom stereocenters. The Bertz CT molecular complexity index is 235. The first-order chi connectivity index (χ1) is 5.66. The largest absolute Gasteiger partial charge is 0.327 e. The molecule has 0 radical (unpaired) electrons. The minimum Gasteiger partial charge on any atom is -0.327 e. The van der Waals surface area contributed by atoms with Crippen molar-refractivity contribution in [3.05, 3.63) is 36.0 Å². The van der Waals surface area contributed by atoms with Gasteiger partial charge in [0.15, 0.2) is 0 Å². The first kappa shape index (κ1) is 9.27. The van der Waals surface area contributed by atoms with E-state index in [-0.39, 0.29) is 5.41 Å². The van der Waals surface area contributed by atoms with Gasteiger partial charge in [0.1, 0.15) is 0 Å². The van der Waals surface area contributed by atoms with Crippen molar-refractivity contribution in [2.75, 3.05) is 6.54 Å². The van der Waals surface area contributed by atoms with Gasteiger partial charge >= 0.3 is 0 Å². The summed E-state index contributed by atoms with van der Waals surface area (Å²) in [7, 11) is 0. The molecule has 0 heterocycles. The number of rotatable bonds is 2. The van der Waals surface area contributed by atoms with E-state index in [1.54, 1.807) is 0 Å². The van der Waals surface area contributed by atoms with Gasteiger partial charge in [0.2, 0.25) is 0 Å². The van der Waals surface area contributed by atoms with Crippen molar-refractivity contribution in [3.63, 3.8) is 0 Å². The third kappa shape index (κ3) is 2.35. The smallest absolute Gasteiger partial charge is 0.0107 e. The predicted octanol–water partition coefficient (Wildman–Crippen LogP) is 2.41. The lowest BCUT2D eigenvalue weighted by Crippen LogP contribution is -2.11. The van der Waals surface area contributed by atoms with Gasteiger partial charge in [-0.2, -0.15) is 0 Å². The molecule has 0 spiro atoms.